The van der Waals surface area contributed by atoms with Gasteiger partial charge in [0.1, 0.15) is 0 Å². The van der Waals surface area contributed by atoms with E-state index in [-0.39, 0.29) is 18.0 Å². The van der Waals surface area contributed by atoms with Crippen LogP contribution in [-0.2, 0) is 4.79 Å². The van der Waals surface area contributed by atoms with Crippen LogP contribution in [0.25, 0.3) is 0 Å². The molecule has 0 unspecified atom stereocenters. The lowest BCUT2D eigenvalue weighted by Gasteiger charge is -2.22. The molecule has 0 bridgehead atoms. The lowest BCUT2D eigenvalue weighted by molar-refractivity contribution is -0.141. The van der Waals surface area contributed by atoms with E-state index in [1.165, 1.54) is 0 Å². The van der Waals surface area contributed by atoms with Crippen LogP contribution in [0.1, 0.15) is 26.2 Å². The SMILES string of the molecule is C=CCN(CC)C(=O)N[C@H]1CC[C@@H](C(=O)O)C1. The van der Waals surface area contributed by atoms with Gasteiger partial charge in [-0.15, -0.1) is 6.58 Å². The van der Waals surface area contributed by atoms with Crippen LogP contribution >= 0.6 is 0 Å². The van der Waals surface area contributed by atoms with E-state index in [1.54, 1.807) is 11.0 Å². The molecule has 2 amide bonds. The fraction of sp³-hybridized carbons (Fsp3) is 0.667. The first-order valence-corrected chi connectivity index (χ1v) is 5.97. The number of urea groups is 1. The van der Waals surface area contributed by atoms with Gasteiger partial charge in [0, 0.05) is 19.1 Å². The summed E-state index contributed by atoms with van der Waals surface area (Å²) < 4.78 is 0. The highest BCUT2D eigenvalue weighted by molar-refractivity contribution is 5.75. The average molecular weight is 240 g/mol. The molecule has 1 saturated carbocycles. The summed E-state index contributed by atoms with van der Waals surface area (Å²) in [4.78, 5) is 24.2. The van der Waals surface area contributed by atoms with Crippen molar-refractivity contribution in [1.29, 1.82) is 0 Å². The monoisotopic (exact) mass is 240 g/mol. The van der Waals surface area contributed by atoms with Gasteiger partial charge in [0.15, 0.2) is 0 Å². The lowest BCUT2D eigenvalue weighted by Crippen LogP contribution is -2.44. The Labute approximate surface area is 101 Å². The normalized spacial score (nSPS) is 23.1. The third kappa shape index (κ3) is 3.76. The zero-order valence-electron chi connectivity index (χ0n) is 10.2. The summed E-state index contributed by atoms with van der Waals surface area (Å²) in [6.07, 6.45) is 3.60. The first kappa shape index (κ1) is 13.5. The smallest absolute Gasteiger partial charge is 0.317 e. The standard InChI is InChI=1S/C12H20N2O3/c1-3-7-14(4-2)12(17)13-10-6-5-9(8-10)11(15)16/h3,9-10H,1,4-8H2,2H3,(H,13,17)(H,15,16)/t9-,10+/m1/s1. The van der Waals surface area contributed by atoms with Crippen molar-refractivity contribution < 1.29 is 14.7 Å². The van der Waals surface area contributed by atoms with Crippen molar-refractivity contribution in [3.05, 3.63) is 12.7 Å². The molecule has 1 rings (SSSR count). The minimum atomic E-state index is -0.764. The first-order chi connectivity index (χ1) is 8.08. The van der Waals surface area contributed by atoms with Gasteiger partial charge in [-0.05, 0) is 26.2 Å². The van der Waals surface area contributed by atoms with E-state index in [2.05, 4.69) is 11.9 Å². The Kier molecular flexibility index (Phi) is 5.00. The number of carboxylic acid groups (broad SMARTS) is 1. The van der Waals surface area contributed by atoms with Crippen molar-refractivity contribution in [2.75, 3.05) is 13.1 Å². The van der Waals surface area contributed by atoms with Crippen molar-refractivity contribution in [3.63, 3.8) is 0 Å². The first-order valence-electron chi connectivity index (χ1n) is 5.97. The maximum atomic E-state index is 11.8. The predicted molar refractivity (Wildman–Crippen MR) is 64.7 cm³/mol. The average Bonchev–Trinajstić information content (AvgIpc) is 2.74. The van der Waals surface area contributed by atoms with Crippen LogP contribution in [0.4, 0.5) is 4.79 Å². The minimum Gasteiger partial charge on any atom is -0.481 e. The number of carboxylic acids is 1. The molecule has 0 aliphatic heterocycles. The van der Waals surface area contributed by atoms with E-state index >= 15 is 0 Å². The molecule has 0 spiro atoms. The van der Waals surface area contributed by atoms with E-state index in [4.69, 9.17) is 5.11 Å². The van der Waals surface area contributed by atoms with Crippen LogP contribution in [0.5, 0.6) is 0 Å². The summed E-state index contributed by atoms with van der Waals surface area (Å²) in [5, 5.41) is 11.7. The molecule has 1 fully saturated rings. The molecule has 2 atom stereocenters. The zero-order valence-corrected chi connectivity index (χ0v) is 10.2. The second kappa shape index (κ2) is 6.27. The molecule has 0 aromatic rings. The summed E-state index contributed by atoms with van der Waals surface area (Å²) >= 11 is 0. The van der Waals surface area contributed by atoms with E-state index in [1.807, 2.05) is 6.92 Å². The van der Waals surface area contributed by atoms with Crippen LogP contribution in [0.2, 0.25) is 0 Å². The molecule has 5 nitrogen and oxygen atoms in total. The molecule has 0 saturated heterocycles. The largest absolute Gasteiger partial charge is 0.481 e. The molecule has 0 aromatic heterocycles. The van der Waals surface area contributed by atoms with Crippen LogP contribution in [0.15, 0.2) is 12.7 Å². The summed E-state index contributed by atoms with van der Waals surface area (Å²) in [6.45, 7) is 6.63. The molecule has 0 radical (unpaired) electrons. The van der Waals surface area contributed by atoms with Gasteiger partial charge in [-0.3, -0.25) is 4.79 Å². The number of hydrogen-bond acceptors (Lipinski definition) is 2. The lowest BCUT2D eigenvalue weighted by atomic mass is 10.1. The Morgan fingerprint density at radius 2 is 2.24 bits per heavy atom. The topological polar surface area (TPSA) is 69.6 Å². The Hall–Kier alpha value is -1.52. The zero-order chi connectivity index (χ0) is 12.8. The Bertz CT molecular complexity index is 304. The van der Waals surface area contributed by atoms with Crippen molar-refractivity contribution in [2.24, 2.45) is 5.92 Å². The predicted octanol–water partition coefficient (Wildman–Crippen LogP) is 1.46. The number of amides is 2. The molecule has 1 aliphatic carbocycles. The molecule has 2 N–H and O–H groups in total. The fourth-order valence-corrected chi connectivity index (χ4v) is 2.11. The van der Waals surface area contributed by atoms with Gasteiger partial charge < -0.3 is 15.3 Å². The highest BCUT2D eigenvalue weighted by Gasteiger charge is 2.31. The van der Waals surface area contributed by atoms with Crippen molar-refractivity contribution in [2.45, 2.75) is 32.2 Å². The highest BCUT2D eigenvalue weighted by atomic mass is 16.4. The number of carbonyl (C=O) groups is 2. The number of carbonyl (C=O) groups excluding carboxylic acids is 1. The second-order valence-corrected chi connectivity index (χ2v) is 4.32. The van der Waals surface area contributed by atoms with Gasteiger partial charge in [-0.25, -0.2) is 4.79 Å². The quantitative estimate of drug-likeness (QED) is 0.715. The number of nitrogens with zero attached hydrogens (tertiary/aromatic N) is 1. The maximum absolute atomic E-state index is 11.8. The van der Waals surface area contributed by atoms with Crippen LogP contribution in [-0.4, -0.2) is 41.1 Å². The number of nitrogens with one attached hydrogen (secondary N) is 1. The number of likely N-dealkylation sites (N-methyl/N-ethyl adjacent to an activating group) is 1. The van der Waals surface area contributed by atoms with Gasteiger partial charge >= 0.3 is 12.0 Å². The number of rotatable bonds is 5. The van der Waals surface area contributed by atoms with Gasteiger partial charge in [0.05, 0.1) is 5.92 Å². The Morgan fingerprint density at radius 3 is 2.71 bits per heavy atom. The third-order valence-electron chi connectivity index (χ3n) is 3.13. The molecule has 96 valence electrons. The summed E-state index contributed by atoms with van der Waals surface area (Å²) in [5.41, 5.74) is 0. The van der Waals surface area contributed by atoms with Crippen molar-refractivity contribution >= 4 is 12.0 Å². The van der Waals surface area contributed by atoms with Crippen molar-refractivity contribution in [1.82, 2.24) is 10.2 Å². The van der Waals surface area contributed by atoms with Gasteiger partial charge in [0.25, 0.3) is 0 Å². The van der Waals surface area contributed by atoms with E-state index in [0.717, 1.165) is 6.42 Å². The summed E-state index contributed by atoms with van der Waals surface area (Å²) in [7, 11) is 0. The third-order valence-corrected chi connectivity index (χ3v) is 3.13. The van der Waals surface area contributed by atoms with Crippen LogP contribution in [0, 0.1) is 5.92 Å². The minimum absolute atomic E-state index is 0.0116. The number of aliphatic carboxylic acids is 1. The molecule has 0 heterocycles. The number of hydrogen-bond donors (Lipinski definition) is 2. The van der Waals surface area contributed by atoms with Crippen LogP contribution < -0.4 is 5.32 Å². The molecule has 0 aromatic carbocycles. The van der Waals surface area contributed by atoms with E-state index in [0.29, 0.717) is 25.9 Å². The molecule has 17 heavy (non-hydrogen) atoms. The Morgan fingerprint density at radius 1 is 1.53 bits per heavy atom. The van der Waals surface area contributed by atoms with E-state index in [9.17, 15) is 9.59 Å². The maximum Gasteiger partial charge on any atom is 0.317 e. The van der Waals surface area contributed by atoms with E-state index < -0.39 is 5.97 Å². The Balaban J connectivity index is 2.41. The summed E-state index contributed by atoms with van der Waals surface area (Å²) in [6, 6.07) is -0.147. The molecular formula is C12H20N2O3. The van der Waals surface area contributed by atoms with Crippen LogP contribution in [0.3, 0.4) is 0 Å². The second-order valence-electron chi connectivity index (χ2n) is 4.32. The molecular weight excluding hydrogens is 220 g/mol. The fourth-order valence-electron chi connectivity index (χ4n) is 2.11. The molecule has 1 aliphatic rings. The van der Waals surface area contributed by atoms with Crippen molar-refractivity contribution in [3.8, 4) is 0 Å². The highest BCUT2D eigenvalue weighted by Crippen LogP contribution is 2.25. The molecule has 5 heteroatoms. The van der Waals surface area contributed by atoms with Gasteiger partial charge in [0.2, 0.25) is 0 Å². The van der Waals surface area contributed by atoms with Gasteiger partial charge in [-0.2, -0.15) is 0 Å². The van der Waals surface area contributed by atoms with Gasteiger partial charge in [-0.1, -0.05) is 6.08 Å². The summed E-state index contributed by atoms with van der Waals surface area (Å²) in [5.74, 6) is -1.07.